The van der Waals surface area contributed by atoms with Gasteiger partial charge in [0, 0.05) is 28.9 Å². The number of dihydropyridines is 1. The van der Waals surface area contributed by atoms with E-state index >= 15 is 0 Å². The second kappa shape index (κ2) is 4.94. The molecular formula is C20H17FN4O. The number of halogens is 1. The summed E-state index contributed by atoms with van der Waals surface area (Å²) >= 11 is 0. The summed E-state index contributed by atoms with van der Waals surface area (Å²) in [6.07, 6.45) is 3.96. The van der Waals surface area contributed by atoms with Crippen molar-refractivity contribution in [3.05, 3.63) is 76.0 Å². The molecule has 1 aromatic heterocycles. The number of rotatable bonds is 0. The van der Waals surface area contributed by atoms with Gasteiger partial charge in [-0.15, -0.1) is 0 Å². The minimum atomic E-state index is -0.951. The quantitative estimate of drug-likeness (QED) is 0.718. The molecule has 1 spiro atoms. The van der Waals surface area contributed by atoms with Gasteiger partial charge in [0.1, 0.15) is 11.6 Å². The summed E-state index contributed by atoms with van der Waals surface area (Å²) in [5.41, 5.74) is 10.1. The molecule has 0 fully saturated rings. The summed E-state index contributed by atoms with van der Waals surface area (Å²) in [6, 6.07) is 7.63. The number of ether oxygens (including phenoxy) is 1. The van der Waals surface area contributed by atoms with Crippen LogP contribution in [0.1, 0.15) is 22.4 Å². The third-order valence-electron chi connectivity index (χ3n) is 5.06. The predicted octanol–water partition coefficient (Wildman–Crippen LogP) is 2.97. The normalized spacial score (nSPS) is 22.3. The highest BCUT2D eigenvalue weighted by Crippen LogP contribution is 2.55. The third kappa shape index (κ3) is 1.78. The molecular weight excluding hydrogens is 331 g/mol. The molecule has 3 aliphatic heterocycles. The molecule has 5 nitrogen and oxygen atoms in total. The fraction of sp³-hybridized carbons (Fsp3) is 0.200. The zero-order valence-corrected chi connectivity index (χ0v) is 14.4. The Morgan fingerprint density at radius 2 is 2.08 bits per heavy atom. The van der Waals surface area contributed by atoms with E-state index < -0.39 is 11.5 Å². The number of hydrogen-bond donors (Lipinski definition) is 2. The standard InChI is InChI=1S/C20H17FN4O/c1-10-5-6-15-13(8-10)20(14-9-11(2)24-18(21)16(14)26-15)17-12(19(22)25-20)4-3-7-23-17/h3-6,8-9,23H,7H2,1-2H3,(H2,22,25). The number of amidine groups is 1. The molecule has 0 bridgehead atoms. The number of aromatic nitrogens is 1. The Kier molecular flexibility index (Phi) is 2.88. The lowest BCUT2D eigenvalue weighted by Crippen LogP contribution is -2.38. The van der Waals surface area contributed by atoms with Crippen LogP contribution in [0.4, 0.5) is 4.39 Å². The molecule has 130 valence electrons. The first-order chi connectivity index (χ1) is 12.5. The van der Waals surface area contributed by atoms with Gasteiger partial charge >= 0.3 is 0 Å². The lowest BCUT2D eigenvalue weighted by atomic mass is 9.77. The number of pyridine rings is 1. The van der Waals surface area contributed by atoms with Crippen LogP contribution in [0, 0.1) is 19.8 Å². The highest BCUT2D eigenvalue weighted by molar-refractivity contribution is 6.04. The first-order valence-corrected chi connectivity index (χ1v) is 8.48. The van der Waals surface area contributed by atoms with Crippen molar-refractivity contribution in [1.82, 2.24) is 10.3 Å². The number of nitrogens with one attached hydrogen (secondary N) is 1. The number of fused-ring (bicyclic) bond motifs is 5. The van der Waals surface area contributed by atoms with Crippen LogP contribution >= 0.6 is 0 Å². The molecule has 4 heterocycles. The van der Waals surface area contributed by atoms with E-state index in [0.29, 0.717) is 29.4 Å². The van der Waals surface area contributed by atoms with E-state index in [9.17, 15) is 4.39 Å². The Hall–Kier alpha value is -3.15. The van der Waals surface area contributed by atoms with Crippen molar-refractivity contribution in [3.8, 4) is 11.5 Å². The van der Waals surface area contributed by atoms with Crippen molar-refractivity contribution in [2.75, 3.05) is 6.54 Å². The summed E-state index contributed by atoms with van der Waals surface area (Å²) in [7, 11) is 0. The number of nitrogens with two attached hydrogens (primary N) is 1. The minimum Gasteiger partial charge on any atom is -0.452 e. The van der Waals surface area contributed by atoms with E-state index in [-0.39, 0.29) is 5.75 Å². The zero-order valence-electron chi connectivity index (χ0n) is 14.4. The topological polar surface area (TPSA) is 72.5 Å². The minimum absolute atomic E-state index is 0.105. The van der Waals surface area contributed by atoms with Crippen molar-refractivity contribution in [3.63, 3.8) is 0 Å². The van der Waals surface area contributed by atoms with Crippen LogP contribution in [0.15, 0.2) is 52.7 Å². The Balaban J connectivity index is 1.93. The van der Waals surface area contributed by atoms with Crippen molar-refractivity contribution in [2.24, 2.45) is 10.7 Å². The van der Waals surface area contributed by atoms with Gasteiger partial charge in [-0.2, -0.15) is 4.39 Å². The molecule has 0 saturated heterocycles. The molecule has 3 aliphatic rings. The second-order valence-electron chi connectivity index (χ2n) is 6.81. The van der Waals surface area contributed by atoms with Crippen LogP contribution < -0.4 is 15.8 Å². The molecule has 2 aromatic rings. The lowest BCUT2D eigenvalue weighted by molar-refractivity contribution is 0.377. The smallest absolute Gasteiger partial charge is 0.256 e. The van der Waals surface area contributed by atoms with Crippen molar-refractivity contribution < 1.29 is 9.13 Å². The predicted molar refractivity (Wildman–Crippen MR) is 96.8 cm³/mol. The molecule has 26 heavy (non-hydrogen) atoms. The number of benzene rings is 1. The van der Waals surface area contributed by atoms with Gasteiger partial charge in [-0.3, -0.25) is 0 Å². The van der Waals surface area contributed by atoms with Gasteiger partial charge in [-0.05, 0) is 32.0 Å². The van der Waals surface area contributed by atoms with E-state index in [1.807, 2.05) is 43.3 Å². The first kappa shape index (κ1) is 15.1. The highest BCUT2D eigenvalue weighted by Gasteiger charge is 2.51. The Labute approximate surface area is 150 Å². The van der Waals surface area contributed by atoms with E-state index in [1.54, 1.807) is 6.92 Å². The van der Waals surface area contributed by atoms with Gasteiger partial charge in [0.05, 0.1) is 5.70 Å². The highest BCUT2D eigenvalue weighted by atomic mass is 19.1. The number of aliphatic imine (C=N–C) groups is 1. The SMILES string of the molecule is Cc1ccc2c(c1)C1(N=C(N)C3=C1NCC=C3)c1cc(C)nc(F)c1O2. The number of hydrogen-bond acceptors (Lipinski definition) is 5. The molecule has 0 radical (unpaired) electrons. The Morgan fingerprint density at radius 3 is 2.92 bits per heavy atom. The van der Waals surface area contributed by atoms with Gasteiger partial charge in [0.15, 0.2) is 11.3 Å². The Morgan fingerprint density at radius 1 is 1.23 bits per heavy atom. The first-order valence-electron chi connectivity index (χ1n) is 8.48. The molecule has 0 amide bonds. The van der Waals surface area contributed by atoms with E-state index in [1.165, 1.54) is 0 Å². The molecule has 6 heteroatoms. The van der Waals surface area contributed by atoms with E-state index in [2.05, 4.69) is 10.3 Å². The van der Waals surface area contributed by atoms with Crippen LogP contribution in [-0.2, 0) is 5.54 Å². The maximum Gasteiger partial charge on any atom is 0.256 e. The second-order valence-corrected chi connectivity index (χ2v) is 6.81. The number of aryl methyl sites for hydroxylation is 2. The third-order valence-corrected chi connectivity index (χ3v) is 5.06. The van der Waals surface area contributed by atoms with E-state index in [4.69, 9.17) is 15.5 Å². The summed E-state index contributed by atoms with van der Waals surface area (Å²) in [5, 5.41) is 3.41. The van der Waals surface area contributed by atoms with Gasteiger partial charge in [-0.1, -0.05) is 23.8 Å². The summed E-state index contributed by atoms with van der Waals surface area (Å²) < 4.78 is 20.6. The van der Waals surface area contributed by atoms with Crippen molar-refractivity contribution in [1.29, 1.82) is 0 Å². The number of nitrogens with zero attached hydrogens (tertiary/aromatic N) is 2. The van der Waals surface area contributed by atoms with Gasteiger partial charge in [0.25, 0.3) is 5.95 Å². The van der Waals surface area contributed by atoms with Crippen LogP contribution in [0.2, 0.25) is 0 Å². The summed E-state index contributed by atoms with van der Waals surface area (Å²) in [5.74, 6) is 0.460. The molecule has 1 atom stereocenters. The van der Waals surface area contributed by atoms with Crippen LogP contribution in [0.5, 0.6) is 11.5 Å². The lowest BCUT2D eigenvalue weighted by Gasteiger charge is -2.38. The average Bonchev–Trinajstić information content (AvgIpc) is 2.91. The fourth-order valence-corrected chi connectivity index (χ4v) is 4.00. The maximum absolute atomic E-state index is 14.7. The maximum atomic E-state index is 14.7. The van der Waals surface area contributed by atoms with E-state index in [0.717, 1.165) is 22.4 Å². The van der Waals surface area contributed by atoms with Crippen LogP contribution in [0.3, 0.4) is 0 Å². The van der Waals surface area contributed by atoms with Gasteiger partial charge in [-0.25, -0.2) is 9.98 Å². The van der Waals surface area contributed by atoms with Crippen LogP contribution in [-0.4, -0.2) is 17.4 Å². The average molecular weight is 348 g/mol. The molecule has 0 aliphatic carbocycles. The zero-order chi connectivity index (χ0) is 18.1. The molecule has 1 unspecified atom stereocenters. The summed E-state index contributed by atoms with van der Waals surface area (Å²) in [4.78, 5) is 8.80. The molecule has 3 N–H and O–H groups in total. The monoisotopic (exact) mass is 348 g/mol. The van der Waals surface area contributed by atoms with Gasteiger partial charge < -0.3 is 15.8 Å². The molecule has 5 rings (SSSR count). The molecule has 1 aromatic carbocycles. The van der Waals surface area contributed by atoms with Crippen molar-refractivity contribution >= 4 is 5.84 Å². The van der Waals surface area contributed by atoms with Crippen molar-refractivity contribution in [2.45, 2.75) is 19.4 Å². The Bertz CT molecular complexity index is 1070. The largest absolute Gasteiger partial charge is 0.452 e. The van der Waals surface area contributed by atoms with Crippen LogP contribution in [0.25, 0.3) is 0 Å². The summed E-state index contributed by atoms with van der Waals surface area (Å²) in [6.45, 7) is 4.43. The molecule has 0 saturated carbocycles. The fourth-order valence-electron chi connectivity index (χ4n) is 4.00. The van der Waals surface area contributed by atoms with Gasteiger partial charge in [0.2, 0.25) is 0 Å².